The van der Waals surface area contributed by atoms with Gasteiger partial charge in [0.2, 0.25) is 0 Å². The standard InChI is InChI=1S/C11H16N2O4S/c1-11(2,3)17-10(16)13-7(4-9(14)15)8-5-18-6-12-8/h5-7H,4H2,1-3H3,(H,13,16)(H,14,15)/t7-/m1/s1. The molecule has 0 radical (unpaired) electrons. The molecule has 18 heavy (non-hydrogen) atoms. The Morgan fingerprint density at radius 1 is 1.56 bits per heavy atom. The lowest BCUT2D eigenvalue weighted by Gasteiger charge is -2.22. The number of alkyl carbamates (subject to hydrolysis) is 1. The third-order valence-corrected chi connectivity index (χ3v) is 2.48. The second-order valence-corrected chi connectivity index (χ2v) is 5.43. The van der Waals surface area contributed by atoms with Gasteiger partial charge in [0.15, 0.2) is 0 Å². The SMILES string of the molecule is CC(C)(C)OC(=O)N[C@H](CC(=O)O)c1cscn1. The van der Waals surface area contributed by atoms with E-state index >= 15 is 0 Å². The van der Waals surface area contributed by atoms with Crippen molar-refractivity contribution in [2.24, 2.45) is 0 Å². The van der Waals surface area contributed by atoms with E-state index in [-0.39, 0.29) is 6.42 Å². The molecule has 0 saturated heterocycles. The van der Waals surface area contributed by atoms with Crippen LogP contribution in [0.4, 0.5) is 4.79 Å². The Morgan fingerprint density at radius 3 is 2.67 bits per heavy atom. The third-order valence-electron chi connectivity index (χ3n) is 1.88. The predicted molar refractivity (Wildman–Crippen MR) is 66.5 cm³/mol. The number of carboxylic acids is 1. The number of thiazole rings is 1. The molecule has 0 aliphatic carbocycles. The molecule has 6 nitrogen and oxygen atoms in total. The summed E-state index contributed by atoms with van der Waals surface area (Å²) < 4.78 is 5.08. The van der Waals surface area contributed by atoms with E-state index in [9.17, 15) is 9.59 Å². The first-order valence-corrected chi connectivity index (χ1v) is 6.31. The molecule has 0 aliphatic heterocycles. The van der Waals surface area contributed by atoms with E-state index in [1.807, 2.05) is 0 Å². The molecule has 0 aromatic carbocycles. The van der Waals surface area contributed by atoms with Crippen LogP contribution in [0.1, 0.15) is 38.9 Å². The summed E-state index contributed by atoms with van der Waals surface area (Å²) in [5.74, 6) is -1.01. The van der Waals surface area contributed by atoms with Gasteiger partial charge in [0.05, 0.1) is 23.7 Å². The summed E-state index contributed by atoms with van der Waals surface area (Å²) in [6.07, 6.45) is -0.884. The van der Waals surface area contributed by atoms with Crippen LogP contribution in [0, 0.1) is 0 Å². The van der Waals surface area contributed by atoms with Crippen LogP contribution in [0.2, 0.25) is 0 Å². The molecule has 1 heterocycles. The zero-order valence-electron chi connectivity index (χ0n) is 10.5. The second-order valence-electron chi connectivity index (χ2n) is 4.71. The Bertz CT molecular complexity index is 411. The minimum Gasteiger partial charge on any atom is -0.481 e. The van der Waals surface area contributed by atoms with E-state index in [4.69, 9.17) is 9.84 Å². The van der Waals surface area contributed by atoms with Crippen molar-refractivity contribution in [3.8, 4) is 0 Å². The van der Waals surface area contributed by atoms with Crippen molar-refractivity contribution >= 4 is 23.4 Å². The highest BCUT2D eigenvalue weighted by Crippen LogP contribution is 2.18. The third kappa shape index (κ3) is 5.13. The van der Waals surface area contributed by atoms with Crippen LogP contribution in [-0.2, 0) is 9.53 Å². The van der Waals surface area contributed by atoms with E-state index in [0.29, 0.717) is 5.69 Å². The van der Waals surface area contributed by atoms with Gasteiger partial charge in [-0.3, -0.25) is 4.79 Å². The van der Waals surface area contributed by atoms with Gasteiger partial charge in [0, 0.05) is 5.38 Å². The molecule has 1 atom stereocenters. The molecule has 0 saturated carbocycles. The monoisotopic (exact) mass is 272 g/mol. The Kier molecular flexibility index (Phi) is 4.66. The van der Waals surface area contributed by atoms with Crippen molar-refractivity contribution in [2.75, 3.05) is 0 Å². The molecule has 2 N–H and O–H groups in total. The topological polar surface area (TPSA) is 88.5 Å². The summed E-state index contributed by atoms with van der Waals surface area (Å²) in [6.45, 7) is 5.21. The minimum absolute atomic E-state index is 0.233. The molecular weight excluding hydrogens is 256 g/mol. The van der Waals surface area contributed by atoms with Gasteiger partial charge in [-0.15, -0.1) is 11.3 Å². The van der Waals surface area contributed by atoms with Crippen molar-refractivity contribution in [3.05, 3.63) is 16.6 Å². The van der Waals surface area contributed by atoms with Crippen molar-refractivity contribution in [1.29, 1.82) is 0 Å². The van der Waals surface area contributed by atoms with Crippen LogP contribution < -0.4 is 5.32 Å². The van der Waals surface area contributed by atoms with Crippen LogP contribution >= 0.6 is 11.3 Å². The lowest BCUT2D eigenvalue weighted by Crippen LogP contribution is -2.35. The number of nitrogens with one attached hydrogen (secondary N) is 1. The molecule has 0 fully saturated rings. The predicted octanol–water partition coefficient (Wildman–Crippen LogP) is 2.18. The summed E-state index contributed by atoms with van der Waals surface area (Å²) in [6, 6.07) is -0.677. The Morgan fingerprint density at radius 2 is 2.22 bits per heavy atom. The van der Waals surface area contributed by atoms with Gasteiger partial charge in [-0.2, -0.15) is 0 Å². The maximum absolute atomic E-state index is 11.6. The molecule has 0 unspecified atom stereocenters. The van der Waals surface area contributed by atoms with Crippen LogP contribution in [0.15, 0.2) is 10.9 Å². The lowest BCUT2D eigenvalue weighted by atomic mass is 10.1. The number of hydrogen-bond acceptors (Lipinski definition) is 5. The minimum atomic E-state index is -1.01. The van der Waals surface area contributed by atoms with E-state index < -0.39 is 23.7 Å². The maximum Gasteiger partial charge on any atom is 0.408 e. The zero-order chi connectivity index (χ0) is 13.8. The molecule has 0 aliphatic rings. The number of carbonyl (C=O) groups is 2. The molecule has 100 valence electrons. The van der Waals surface area contributed by atoms with E-state index in [2.05, 4.69) is 10.3 Å². The van der Waals surface area contributed by atoms with E-state index in [0.717, 1.165) is 0 Å². The molecule has 1 amide bonds. The first-order chi connectivity index (χ1) is 8.28. The van der Waals surface area contributed by atoms with Crippen LogP contribution in [-0.4, -0.2) is 27.8 Å². The Hall–Kier alpha value is -1.63. The fraction of sp³-hybridized carbons (Fsp3) is 0.545. The fourth-order valence-corrected chi connectivity index (χ4v) is 1.86. The second kappa shape index (κ2) is 5.81. The average molecular weight is 272 g/mol. The van der Waals surface area contributed by atoms with E-state index in [1.165, 1.54) is 11.3 Å². The summed E-state index contributed by atoms with van der Waals surface area (Å²) >= 11 is 1.34. The lowest BCUT2D eigenvalue weighted by molar-refractivity contribution is -0.137. The van der Waals surface area contributed by atoms with Gasteiger partial charge in [-0.05, 0) is 20.8 Å². The average Bonchev–Trinajstić information content (AvgIpc) is 2.64. The molecule has 0 spiro atoms. The molecule has 0 bridgehead atoms. The van der Waals surface area contributed by atoms with Gasteiger partial charge < -0.3 is 15.2 Å². The smallest absolute Gasteiger partial charge is 0.408 e. The first-order valence-electron chi connectivity index (χ1n) is 5.37. The number of rotatable bonds is 4. The highest BCUT2D eigenvalue weighted by Gasteiger charge is 2.23. The molecule has 1 rings (SSSR count). The number of aliphatic carboxylic acids is 1. The summed E-state index contributed by atoms with van der Waals surface area (Å²) in [4.78, 5) is 26.4. The highest BCUT2D eigenvalue weighted by molar-refractivity contribution is 7.07. The van der Waals surface area contributed by atoms with Gasteiger partial charge >= 0.3 is 12.1 Å². The molecule has 1 aromatic rings. The van der Waals surface area contributed by atoms with Crippen molar-refractivity contribution in [3.63, 3.8) is 0 Å². The Balaban J connectivity index is 2.68. The largest absolute Gasteiger partial charge is 0.481 e. The van der Waals surface area contributed by atoms with Crippen molar-refractivity contribution < 1.29 is 19.4 Å². The van der Waals surface area contributed by atoms with Gasteiger partial charge in [0.25, 0.3) is 0 Å². The molecule has 1 aromatic heterocycles. The van der Waals surface area contributed by atoms with Gasteiger partial charge in [0.1, 0.15) is 5.60 Å². The highest BCUT2D eigenvalue weighted by atomic mass is 32.1. The van der Waals surface area contributed by atoms with E-state index in [1.54, 1.807) is 31.7 Å². The van der Waals surface area contributed by atoms with Crippen LogP contribution in [0.25, 0.3) is 0 Å². The van der Waals surface area contributed by atoms with Crippen LogP contribution in [0.5, 0.6) is 0 Å². The number of aromatic nitrogens is 1. The number of hydrogen-bond donors (Lipinski definition) is 2. The number of carbonyl (C=O) groups excluding carboxylic acids is 1. The fourth-order valence-electron chi connectivity index (χ4n) is 1.25. The molecule has 7 heteroatoms. The Labute approximate surface area is 109 Å². The van der Waals surface area contributed by atoms with Gasteiger partial charge in [-0.1, -0.05) is 0 Å². The number of nitrogens with zero attached hydrogens (tertiary/aromatic N) is 1. The molecular formula is C11H16N2O4S. The number of amides is 1. The van der Waals surface area contributed by atoms with Crippen molar-refractivity contribution in [2.45, 2.75) is 38.8 Å². The summed E-state index contributed by atoms with van der Waals surface area (Å²) in [5, 5.41) is 13.0. The maximum atomic E-state index is 11.6. The normalized spacial score (nSPS) is 12.8. The van der Waals surface area contributed by atoms with Crippen LogP contribution in [0.3, 0.4) is 0 Å². The first kappa shape index (κ1) is 14.4. The quantitative estimate of drug-likeness (QED) is 0.877. The van der Waals surface area contributed by atoms with Crippen molar-refractivity contribution in [1.82, 2.24) is 10.3 Å². The number of ether oxygens (including phenoxy) is 1. The zero-order valence-corrected chi connectivity index (χ0v) is 11.3. The summed E-state index contributed by atoms with van der Waals surface area (Å²) in [5.41, 5.74) is 1.48. The number of carboxylic acid groups (broad SMARTS) is 1. The van der Waals surface area contributed by atoms with Gasteiger partial charge in [-0.25, -0.2) is 9.78 Å². The summed E-state index contributed by atoms with van der Waals surface area (Å²) in [7, 11) is 0.